The lowest BCUT2D eigenvalue weighted by atomic mass is 10.1. The number of fused-ring (bicyclic) bond motifs is 1. The molecule has 0 aromatic heterocycles. The highest BCUT2D eigenvalue weighted by Gasteiger charge is 2.35. The fraction of sp³-hybridized carbons (Fsp3) is 0.130. The molecule has 0 N–H and O–H groups in total. The largest absolute Gasteiger partial charge is 0.489 e. The maximum absolute atomic E-state index is 12.6. The van der Waals surface area contributed by atoms with Crippen LogP contribution in [0.1, 0.15) is 37.4 Å². The minimum absolute atomic E-state index is 0.0355. The van der Waals surface area contributed by atoms with Gasteiger partial charge in [-0.2, -0.15) is 0 Å². The minimum Gasteiger partial charge on any atom is -0.489 e. The third-order valence-corrected chi connectivity index (χ3v) is 5.08. The number of hydrogen-bond donors (Lipinski definition) is 0. The molecule has 7 heteroatoms. The third-order valence-electron chi connectivity index (χ3n) is 5.08. The van der Waals surface area contributed by atoms with Crippen LogP contribution < -0.4 is 4.74 Å². The molecule has 0 saturated carbocycles. The van der Waals surface area contributed by atoms with E-state index in [4.69, 9.17) is 4.74 Å². The van der Waals surface area contributed by atoms with Crippen LogP contribution in [0.5, 0.6) is 5.75 Å². The van der Waals surface area contributed by atoms with Crippen molar-refractivity contribution in [1.82, 2.24) is 4.90 Å². The molecule has 2 amide bonds. The average molecular weight is 402 g/mol. The molecular formula is C23H18N2O5. The summed E-state index contributed by atoms with van der Waals surface area (Å²) in [4.78, 5) is 37.1. The summed E-state index contributed by atoms with van der Waals surface area (Å²) in [6, 6.07) is 18.8. The molecule has 0 bridgehead atoms. The van der Waals surface area contributed by atoms with Crippen molar-refractivity contribution in [3.05, 3.63) is 105 Å². The van der Waals surface area contributed by atoms with E-state index >= 15 is 0 Å². The fourth-order valence-electron chi connectivity index (χ4n) is 3.49. The van der Waals surface area contributed by atoms with Crippen molar-refractivity contribution >= 4 is 17.5 Å². The molecule has 3 aromatic carbocycles. The predicted octanol–water partition coefficient (Wildman–Crippen LogP) is 4.28. The van der Waals surface area contributed by atoms with Crippen molar-refractivity contribution in [3.63, 3.8) is 0 Å². The number of amides is 2. The molecule has 0 saturated heterocycles. The van der Waals surface area contributed by atoms with Crippen molar-refractivity contribution in [2.75, 3.05) is 0 Å². The van der Waals surface area contributed by atoms with E-state index in [-0.39, 0.29) is 30.7 Å². The second-order valence-corrected chi connectivity index (χ2v) is 7.00. The third kappa shape index (κ3) is 3.53. The Morgan fingerprint density at radius 2 is 1.50 bits per heavy atom. The zero-order valence-electron chi connectivity index (χ0n) is 16.2. The second kappa shape index (κ2) is 7.79. The van der Waals surface area contributed by atoms with Crippen LogP contribution >= 0.6 is 0 Å². The van der Waals surface area contributed by atoms with Crippen LogP contribution in [0.25, 0.3) is 0 Å². The number of ether oxygens (including phenoxy) is 1. The maximum Gasteiger partial charge on any atom is 0.272 e. The van der Waals surface area contributed by atoms with Crippen molar-refractivity contribution in [2.24, 2.45) is 0 Å². The highest BCUT2D eigenvalue weighted by molar-refractivity contribution is 6.21. The zero-order chi connectivity index (χ0) is 21.3. The first-order chi connectivity index (χ1) is 14.5. The van der Waals surface area contributed by atoms with Gasteiger partial charge >= 0.3 is 0 Å². The lowest BCUT2D eigenvalue weighted by Gasteiger charge is -2.17. The Bertz CT molecular complexity index is 1140. The zero-order valence-corrected chi connectivity index (χ0v) is 16.2. The minimum atomic E-state index is -0.434. The molecular weight excluding hydrogens is 384 g/mol. The Morgan fingerprint density at radius 3 is 2.10 bits per heavy atom. The average Bonchev–Trinajstić information content (AvgIpc) is 2.98. The standard InChI is InChI=1S/C23H18N2O5/c1-15-12-18(10-11-21(15)25(28)29)30-14-17-7-3-2-6-16(17)13-24-22(26)19-8-4-5-9-20(19)23(24)27/h2-12H,13-14H2,1H3. The van der Waals surface area contributed by atoms with E-state index < -0.39 is 4.92 Å². The molecule has 30 heavy (non-hydrogen) atoms. The van der Waals surface area contributed by atoms with Crippen LogP contribution in [0.4, 0.5) is 5.69 Å². The summed E-state index contributed by atoms with van der Waals surface area (Å²) in [5.74, 6) is -0.108. The van der Waals surface area contributed by atoms with Crippen molar-refractivity contribution in [3.8, 4) is 5.75 Å². The molecule has 0 fully saturated rings. The molecule has 0 atom stereocenters. The Hall–Kier alpha value is -4.00. The molecule has 150 valence electrons. The van der Waals surface area contributed by atoms with E-state index in [9.17, 15) is 19.7 Å². The SMILES string of the molecule is Cc1cc(OCc2ccccc2CN2C(=O)c3ccccc3C2=O)ccc1[N+](=O)[O-]. The lowest BCUT2D eigenvalue weighted by Crippen LogP contribution is -2.29. The van der Waals surface area contributed by atoms with Gasteiger partial charge in [0.1, 0.15) is 12.4 Å². The predicted molar refractivity (Wildman–Crippen MR) is 109 cm³/mol. The molecule has 7 nitrogen and oxygen atoms in total. The number of carbonyl (C=O) groups is 2. The number of carbonyl (C=O) groups excluding carboxylic acids is 2. The smallest absolute Gasteiger partial charge is 0.272 e. The van der Waals surface area contributed by atoms with Gasteiger partial charge in [-0.15, -0.1) is 0 Å². The van der Waals surface area contributed by atoms with Crippen LogP contribution in [0.15, 0.2) is 66.7 Å². The quantitative estimate of drug-likeness (QED) is 0.349. The van der Waals surface area contributed by atoms with Gasteiger partial charge < -0.3 is 4.74 Å². The van der Waals surface area contributed by atoms with Crippen LogP contribution in [0.3, 0.4) is 0 Å². The normalized spacial score (nSPS) is 12.8. The summed E-state index contributed by atoms with van der Waals surface area (Å²) in [7, 11) is 0. The van der Waals surface area contributed by atoms with E-state index in [0.29, 0.717) is 22.4 Å². The molecule has 0 radical (unpaired) electrons. The Morgan fingerprint density at radius 1 is 0.900 bits per heavy atom. The van der Waals surface area contributed by atoms with Crippen molar-refractivity contribution in [2.45, 2.75) is 20.1 Å². The number of nitro groups is 1. The number of nitrogens with zero attached hydrogens (tertiary/aromatic N) is 2. The molecule has 0 unspecified atom stereocenters. The van der Waals surface area contributed by atoms with Gasteiger partial charge in [0.25, 0.3) is 17.5 Å². The van der Waals surface area contributed by atoms with Crippen LogP contribution in [0, 0.1) is 17.0 Å². The summed E-state index contributed by atoms with van der Waals surface area (Å²) in [6.45, 7) is 2.00. The van der Waals surface area contributed by atoms with Gasteiger partial charge in [-0.1, -0.05) is 36.4 Å². The van der Waals surface area contributed by atoms with E-state index in [1.165, 1.54) is 11.0 Å². The number of hydrogen-bond acceptors (Lipinski definition) is 5. The molecule has 1 aliphatic heterocycles. The number of benzene rings is 3. The van der Waals surface area contributed by atoms with E-state index in [1.54, 1.807) is 43.3 Å². The molecule has 0 aliphatic carbocycles. The first-order valence-corrected chi connectivity index (χ1v) is 9.35. The van der Waals surface area contributed by atoms with Crippen LogP contribution in [-0.4, -0.2) is 21.6 Å². The Kier molecular flexibility index (Phi) is 5.02. The summed E-state index contributed by atoms with van der Waals surface area (Å²) in [5.41, 5.74) is 3.00. The van der Waals surface area contributed by atoms with Crippen LogP contribution in [0.2, 0.25) is 0 Å². The summed E-state index contributed by atoms with van der Waals surface area (Å²) >= 11 is 0. The maximum atomic E-state index is 12.6. The highest BCUT2D eigenvalue weighted by Crippen LogP contribution is 2.27. The molecule has 1 aliphatic rings. The van der Waals surface area contributed by atoms with Gasteiger partial charge in [-0.05, 0) is 42.3 Å². The first-order valence-electron chi connectivity index (χ1n) is 9.35. The topological polar surface area (TPSA) is 89.8 Å². The van der Waals surface area contributed by atoms with E-state index in [0.717, 1.165) is 11.1 Å². The summed E-state index contributed by atoms with van der Waals surface area (Å²) in [6.07, 6.45) is 0. The second-order valence-electron chi connectivity index (χ2n) is 7.00. The number of rotatable bonds is 6. The molecule has 0 spiro atoms. The van der Waals surface area contributed by atoms with E-state index in [2.05, 4.69) is 0 Å². The Balaban J connectivity index is 1.51. The first kappa shape index (κ1) is 19.3. The number of imide groups is 1. The van der Waals surface area contributed by atoms with Gasteiger partial charge in [0.15, 0.2) is 0 Å². The van der Waals surface area contributed by atoms with Gasteiger partial charge in [-0.25, -0.2) is 0 Å². The highest BCUT2D eigenvalue weighted by atomic mass is 16.6. The van der Waals surface area contributed by atoms with Crippen LogP contribution in [-0.2, 0) is 13.2 Å². The monoisotopic (exact) mass is 402 g/mol. The van der Waals surface area contributed by atoms with E-state index in [1.807, 2.05) is 24.3 Å². The van der Waals surface area contributed by atoms with Gasteiger partial charge in [-0.3, -0.25) is 24.6 Å². The molecule has 1 heterocycles. The molecule has 3 aromatic rings. The summed E-state index contributed by atoms with van der Waals surface area (Å²) in [5, 5.41) is 11.0. The fourth-order valence-corrected chi connectivity index (χ4v) is 3.49. The summed E-state index contributed by atoms with van der Waals surface area (Å²) < 4.78 is 5.82. The number of nitro benzene ring substituents is 1. The Labute approximate surface area is 172 Å². The molecule has 4 rings (SSSR count). The van der Waals surface area contributed by atoms with Gasteiger partial charge in [0, 0.05) is 11.6 Å². The van der Waals surface area contributed by atoms with Gasteiger partial charge in [0.05, 0.1) is 22.6 Å². The van der Waals surface area contributed by atoms with Gasteiger partial charge in [0.2, 0.25) is 0 Å². The number of aryl methyl sites for hydroxylation is 1. The van der Waals surface area contributed by atoms with Crippen molar-refractivity contribution < 1.29 is 19.2 Å². The lowest BCUT2D eigenvalue weighted by molar-refractivity contribution is -0.385. The van der Waals surface area contributed by atoms with Crippen molar-refractivity contribution in [1.29, 1.82) is 0 Å².